The van der Waals surface area contributed by atoms with Crippen molar-refractivity contribution in [3.8, 4) is 0 Å². The first-order valence-electron chi connectivity index (χ1n) is 9.44. The van der Waals surface area contributed by atoms with Crippen LogP contribution in [0.15, 0.2) is 0 Å². The average Bonchev–Trinajstić information content (AvgIpc) is 3.17. The Kier molecular flexibility index (Phi) is 5.12. The Hall–Kier alpha value is -1.31. The molecule has 7 heteroatoms. The van der Waals surface area contributed by atoms with E-state index in [2.05, 4.69) is 22.2 Å². The van der Waals surface area contributed by atoms with Gasteiger partial charge in [0.1, 0.15) is 4.88 Å². The van der Waals surface area contributed by atoms with Crippen LogP contribution in [0.25, 0.3) is 0 Å². The second-order valence-corrected chi connectivity index (χ2v) is 9.80. The van der Waals surface area contributed by atoms with E-state index in [9.17, 15) is 4.79 Å². The van der Waals surface area contributed by atoms with Crippen LogP contribution >= 0.6 is 22.7 Å². The maximum atomic E-state index is 12.9. The Labute approximate surface area is 162 Å². The molecule has 0 saturated carbocycles. The van der Waals surface area contributed by atoms with Crippen LogP contribution in [-0.4, -0.2) is 40.9 Å². The predicted molar refractivity (Wildman–Crippen MR) is 106 cm³/mol. The van der Waals surface area contributed by atoms with Crippen molar-refractivity contribution in [1.82, 2.24) is 20.2 Å². The lowest BCUT2D eigenvalue weighted by molar-refractivity contribution is 0.0937. The van der Waals surface area contributed by atoms with Gasteiger partial charge in [0.25, 0.3) is 5.91 Å². The molecule has 2 aliphatic rings. The minimum absolute atomic E-state index is 0.0271. The summed E-state index contributed by atoms with van der Waals surface area (Å²) in [7, 11) is 2.16. The molecule has 26 heavy (non-hydrogen) atoms. The van der Waals surface area contributed by atoms with Crippen LogP contribution in [0.4, 0.5) is 0 Å². The van der Waals surface area contributed by atoms with Crippen LogP contribution < -0.4 is 5.32 Å². The van der Waals surface area contributed by atoms with Gasteiger partial charge in [-0.1, -0.05) is 0 Å². The van der Waals surface area contributed by atoms with Crippen molar-refractivity contribution >= 4 is 28.6 Å². The molecule has 2 aromatic heterocycles. The molecule has 1 amide bonds. The average molecular weight is 391 g/mol. The van der Waals surface area contributed by atoms with Crippen molar-refractivity contribution < 1.29 is 4.79 Å². The molecule has 1 fully saturated rings. The topological polar surface area (TPSA) is 58.1 Å². The number of aromatic nitrogens is 2. The van der Waals surface area contributed by atoms with E-state index >= 15 is 0 Å². The number of hydrogen-bond acceptors (Lipinski definition) is 6. The SMILES string of the molecule is Cc1nc2c(s1)C(NC(=O)c1sc(C3CCCN(C)C3)nc1C)CCC2. The molecule has 3 heterocycles. The molecule has 1 aliphatic heterocycles. The Morgan fingerprint density at radius 3 is 2.85 bits per heavy atom. The zero-order valence-corrected chi connectivity index (χ0v) is 17.3. The molecule has 0 spiro atoms. The number of thiazole rings is 2. The molecule has 1 N–H and O–H groups in total. The third-order valence-electron chi connectivity index (χ3n) is 5.36. The van der Waals surface area contributed by atoms with Crippen molar-refractivity contribution in [1.29, 1.82) is 0 Å². The van der Waals surface area contributed by atoms with E-state index in [1.54, 1.807) is 22.7 Å². The molecule has 2 aromatic rings. The predicted octanol–water partition coefficient (Wildman–Crippen LogP) is 3.83. The fourth-order valence-electron chi connectivity index (χ4n) is 4.07. The Bertz CT molecular complexity index is 813. The highest BCUT2D eigenvalue weighted by molar-refractivity contribution is 7.14. The van der Waals surface area contributed by atoms with Crippen molar-refractivity contribution in [3.63, 3.8) is 0 Å². The maximum Gasteiger partial charge on any atom is 0.263 e. The number of carbonyl (C=O) groups is 1. The summed E-state index contributed by atoms with van der Waals surface area (Å²) in [5.74, 6) is 0.490. The zero-order chi connectivity index (χ0) is 18.3. The van der Waals surface area contributed by atoms with E-state index in [4.69, 9.17) is 4.98 Å². The third-order valence-corrected chi connectivity index (χ3v) is 7.80. The van der Waals surface area contributed by atoms with E-state index in [0.29, 0.717) is 5.92 Å². The molecule has 4 rings (SSSR count). The van der Waals surface area contributed by atoms with Gasteiger partial charge in [-0.2, -0.15) is 0 Å². The van der Waals surface area contributed by atoms with Crippen LogP contribution in [0.5, 0.6) is 0 Å². The van der Waals surface area contributed by atoms with Gasteiger partial charge in [0.05, 0.1) is 32.3 Å². The smallest absolute Gasteiger partial charge is 0.263 e. The number of nitrogens with one attached hydrogen (secondary N) is 1. The second kappa shape index (κ2) is 7.37. The van der Waals surface area contributed by atoms with Crippen LogP contribution in [0.3, 0.4) is 0 Å². The minimum atomic E-state index is 0.0271. The number of hydrogen-bond donors (Lipinski definition) is 1. The summed E-state index contributed by atoms with van der Waals surface area (Å²) in [4.78, 5) is 26.7. The largest absolute Gasteiger partial charge is 0.344 e. The number of amides is 1. The lowest BCUT2D eigenvalue weighted by Gasteiger charge is -2.28. The monoisotopic (exact) mass is 390 g/mol. The van der Waals surface area contributed by atoms with Crippen molar-refractivity contribution in [3.05, 3.63) is 31.2 Å². The van der Waals surface area contributed by atoms with E-state index in [1.807, 2.05) is 13.8 Å². The highest BCUT2D eigenvalue weighted by Crippen LogP contribution is 2.35. The van der Waals surface area contributed by atoms with Crippen LogP contribution in [0, 0.1) is 13.8 Å². The van der Waals surface area contributed by atoms with Gasteiger partial charge in [-0.15, -0.1) is 22.7 Å². The summed E-state index contributed by atoms with van der Waals surface area (Å²) in [6.07, 6.45) is 5.49. The minimum Gasteiger partial charge on any atom is -0.344 e. The first-order valence-corrected chi connectivity index (χ1v) is 11.1. The number of nitrogens with zero attached hydrogens (tertiary/aromatic N) is 3. The number of piperidine rings is 1. The van der Waals surface area contributed by atoms with Gasteiger partial charge in [0.2, 0.25) is 0 Å². The number of carbonyl (C=O) groups excluding carboxylic acids is 1. The van der Waals surface area contributed by atoms with E-state index in [0.717, 1.165) is 52.9 Å². The second-order valence-electron chi connectivity index (χ2n) is 7.53. The Balaban J connectivity index is 1.50. The summed E-state index contributed by atoms with van der Waals surface area (Å²) in [6.45, 7) is 6.21. The molecular weight excluding hydrogens is 364 g/mol. The van der Waals surface area contributed by atoms with Crippen LogP contribution in [0.2, 0.25) is 0 Å². The van der Waals surface area contributed by atoms with Gasteiger partial charge in [-0.05, 0) is 59.5 Å². The Morgan fingerprint density at radius 1 is 1.19 bits per heavy atom. The van der Waals surface area contributed by atoms with Gasteiger partial charge < -0.3 is 10.2 Å². The fraction of sp³-hybridized carbons (Fsp3) is 0.632. The molecule has 0 radical (unpaired) electrons. The van der Waals surface area contributed by atoms with Gasteiger partial charge in [0, 0.05) is 12.5 Å². The molecule has 140 valence electrons. The quantitative estimate of drug-likeness (QED) is 0.865. The first kappa shape index (κ1) is 18.1. The van der Waals surface area contributed by atoms with Gasteiger partial charge in [0.15, 0.2) is 0 Å². The number of aryl methyl sites for hydroxylation is 3. The number of rotatable bonds is 3. The standard InChI is InChI=1S/C19H26N4OS2/c1-11-16(26-19(20-11)13-6-5-9-23(3)10-13)18(24)22-15-8-4-7-14-17(15)25-12(2)21-14/h13,15H,4-10H2,1-3H3,(H,22,24). The summed E-state index contributed by atoms with van der Waals surface area (Å²) in [6, 6.07) is 0.100. The molecular formula is C19H26N4OS2. The molecule has 1 saturated heterocycles. The van der Waals surface area contributed by atoms with Crippen molar-refractivity contribution in [2.45, 2.75) is 57.9 Å². The lowest BCUT2D eigenvalue weighted by Crippen LogP contribution is -2.30. The summed E-state index contributed by atoms with van der Waals surface area (Å²) < 4.78 is 0. The molecule has 1 aliphatic carbocycles. The van der Waals surface area contributed by atoms with Gasteiger partial charge >= 0.3 is 0 Å². The Morgan fingerprint density at radius 2 is 2.04 bits per heavy atom. The normalized spacial score (nSPS) is 23.7. The molecule has 2 atom stereocenters. The van der Waals surface area contributed by atoms with Crippen LogP contribution in [-0.2, 0) is 6.42 Å². The van der Waals surface area contributed by atoms with Gasteiger partial charge in [-0.3, -0.25) is 4.79 Å². The van der Waals surface area contributed by atoms with Crippen molar-refractivity contribution in [2.24, 2.45) is 0 Å². The zero-order valence-electron chi connectivity index (χ0n) is 15.7. The van der Waals surface area contributed by atoms with Crippen LogP contribution in [0.1, 0.15) is 73.6 Å². The lowest BCUT2D eigenvalue weighted by atomic mass is 9.98. The fourth-order valence-corrected chi connectivity index (χ4v) is 6.23. The van der Waals surface area contributed by atoms with E-state index in [-0.39, 0.29) is 11.9 Å². The highest BCUT2D eigenvalue weighted by Gasteiger charge is 2.28. The van der Waals surface area contributed by atoms with Gasteiger partial charge in [-0.25, -0.2) is 9.97 Å². The molecule has 2 unspecified atom stereocenters. The maximum absolute atomic E-state index is 12.9. The van der Waals surface area contributed by atoms with E-state index in [1.165, 1.54) is 23.4 Å². The molecule has 0 aromatic carbocycles. The number of likely N-dealkylation sites (tertiary alicyclic amines) is 1. The molecule has 0 bridgehead atoms. The van der Waals surface area contributed by atoms with E-state index < -0.39 is 0 Å². The highest BCUT2D eigenvalue weighted by atomic mass is 32.1. The number of likely N-dealkylation sites (N-methyl/N-ethyl adjacent to an activating group) is 1. The third kappa shape index (κ3) is 3.57. The molecule has 5 nitrogen and oxygen atoms in total. The summed E-state index contributed by atoms with van der Waals surface area (Å²) in [5.41, 5.74) is 2.04. The first-order chi connectivity index (χ1) is 12.5. The number of fused-ring (bicyclic) bond motifs is 1. The summed E-state index contributed by atoms with van der Waals surface area (Å²) >= 11 is 3.31. The van der Waals surface area contributed by atoms with Crippen molar-refractivity contribution in [2.75, 3.05) is 20.1 Å². The summed E-state index contributed by atoms with van der Waals surface area (Å²) in [5, 5.41) is 5.48.